The Kier molecular flexibility index (Phi) is 72.3. The molecule has 0 radical (unpaired) electrons. The first-order valence-electron chi connectivity index (χ1n) is 4.80. The van der Waals surface area contributed by atoms with Crippen LogP contribution in [0.4, 0.5) is 0 Å². The molecule has 0 amide bonds. The summed E-state index contributed by atoms with van der Waals surface area (Å²) >= 11 is 0. The first-order valence-corrected chi connectivity index (χ1v) is 4.80. The molecular weight excluding hydrogens is 164 g/mol. The second-order valence-electron chi connectivity index (χ2n) is 2.44. The molecule has 86 valence electrons. The van der Waals surface area contributed by atoms with Crippen LogP contribution in [0.3, 0.4) is 0 Å². The van der Waals surface area contributed by atoms with Crippen molar-refractivity contribution in [2.75, 3.05) is 20.1 Å². The molecule has 0 aromatic heterocycles. The number of nitrogens with two attached hydrogens (primary N) is 4. The van der Waals surface area contributed by atoms with Gasteiger partial charge in [-0.3, -0.25) is 0 Å². The Labute approximate surface area is 84.0 Å². The zero-order chi connectivity index (χ0) is 11.7. The minimum absolute atomic E-state index is 0.333. The van der Waals surface area contributed by atoms with E-state index < -0.39 is 0 Å². The summed E-state index contributed by atoms with van der Waals surface area (Å²) in [7, 11) is 1.50. The fourth-order valence-corrected chi connectivity index (χ4v) is 0. The van der Waals surface area contributed by atoms with Gasteiger partial charge in [0.1, 0.15) is 0 Å². The highest BCUT2D eigenvalue weighted by molar-refractivity contribution is 4.32. The average Bonchev–Trinajstić information content (AvgIpc) is 2.08. The Morgan fingerprint density at radius 2 is 1.08 bits per heavy atom. The van der Waals surface area contributed by atoms with Crippen LogP contribution in [0.2, 0.25) is 0 Å². The van der Waals surface area contributed by atoms with Gasteiger partial charge in [0.15, 0.2) is 0 Å². The molecule has 0 aliphatic carbocycles. The molecule has 0 bridgehead atoms. The van der Waals surface area contributed by atoms with Crippen LogP contribution in [0, 0.1) is 0 Å². The second-order valence-corrected chi connectivity index (χ2v) is 2.44. The first kappa shape index (κ1) is 23.0. The highest BCUT2D eigenvalue weighted by Crippen LogP contribution is 1.58. The molecule has 0 heterocycles. The van der Waals surface area contributed by atoms with E-state index in [2.05, 4.69) is 12.7 Å². The smallest absolute Gasteiger partial charge is 0.00179 e. The van der Waals surface area contributed by atoms with E-state index in [0.29, 0.717) is 6.04 Å². The van der Waals surface area contributed by atoms with Gasteiger partial charge in [0, 0.05) is 0 Å². The van der Waals surface area contributed by atoms with Gasteiger partial charge in [-0.25, -0.2) is 0 Å². The second kappa shape index (κ2) is 40.8. The Hall–Kier alpha value is -0.160. The first-order chi connectivity index (χ1) is 6.06. The summed E-state index contributed by atoms with van der Waals surface area (Å²) in [6, 6.07) is 0.333. The summed E-state index contributed by atoms with van der Waals surface area (Å²) in [5.74, 6) is 0. The SMILES string of the molecule is CC(C)N.CCCN.CCN.CN. The largest absolute Gasteiger partial charge is 0.333 e. The molecule has 0 unspecified atom stereocenters. The normalized spacial score (nSPS) is 6.92. The van der Waals surface area contributed by atoms with Gasteiger partial charge in [0.05, 0.1) is 0 Å². The maximum Gasteiger partial charge on any atom is -0.00179 e. The standard InChI is InChI=1S/2C3H9N.C2H7N.CH5N/c1-3(2)4;1-2-3-4;1-2-3;1-2/h3H,4H2,1-2H3;2-4H2,1H3;2-3H2,1H3;2H2,1H3. The van der Waals surface area contributed by atoms with E-state index in [0.717, 1.165) is 19.5 Å². The van der Waals surface area contributed by atoms with Crippen LogP contribution < -0.4 is 22.9 Å². The van der Waals surface area contributed by atoms with E-state index in [1.54, 1.807) is 0 Å². The van der Waals surface area contributed by atoms with Gasteiger partial charge in [-0.2, -0.15) is 0 Å². The number of hydrogen-bond acceptors (Lipinski definition) is 4. The topological polar surface area (TPSA) is 104 Å². The Bertz CT molecular complexity index is 35.8. The van der Waals surface area contributed by atoms with Gasteiger partial charge >= 0.3 is 0 Å². The van der Waals surface area contributed by atoms with Gasteiger partial charge in [-0.05, 0) is 32.6 Å². The van der Waals surface area contributed by atoms with Gasteiger partial charge < -0.3 is 22.9 Å². The molecule has 4 heteroatoms. The number of rotatable bonds is 1. The molecule has 13 heavy (non-hydrogen) atoms. The maximum atomic E-state index is 5.11. The molecule has 0 aromatic rings. The molecule has 0 saturated carbocycles. The monoisotopic (exact) mass is 194 g/mol. The zero-order valence-electron chi connectivity index (χ0n) is 10.0. The van der Waals surface area contributed by atoms with E-state index in [1.807, 2.05) is 20.8 Å². The Balaban J connectivity index is -0.0000000431. The van der Waals surface area contributed by atoms with Crippen LogP contribution in [0.5, 0.6) is 0 Å². The lowest BCUT2D eigenvalue weighted by molar-refractivity contribution is 0.834. The van der Waals surface area contributed by atoms with Crippen molar-refractivity contribution < 1.29 is 0 Å². The summed E-state index contributed by atoms with van der Waals surface area (Å²) in [6.45, 7) is 9.42. The van der Waals surface area contributed by atoms with Crippen molar-refractivity contribution in [3.05, 3.63) is 0 Å². The van der Waals surface area contributed by atoms with Crippen LogP contribution in [0.1, 0.15) is 34.1 Å². The lowest BCUT2D eigenvalue weighted by Crippen LogP contribution is -2.06. The summed E-state index contributed by atoms with van der Waals surface area (Å²) in [4.78, 5) is 0. The molecule has 0 saturated heterocycles. The average molecular weight is 194 g/mol. The summed E-state index contributed by atoms with van der Waals surface area (Å²) < 4.78 is 0. The van der Waals surface area contributed by atoms with E-state index in [9.17, 15) is 0 Å². The minimum atomic E-state index is 0.333. The molecule has 0 rings (SSSR count). The van der Waals surface area contributed by atoms with E-state index in [1.165, 1.54) is 7.05 Å². The van der Waals surface area contributed by atoms with E-state index in [-0.39, 0.29) is 0 Å². The Morgan fingerprint density at radius 3 is 1.08 bits per heavy atom. The van der Waals surface area contributed by atoms with Crippen molar-refractivity contribution in [1.82, 2.24) is 0 Å². The lowest BCUT2D eigenvalue weighted by Gasteiger charge is -1.81. The van der Waals surface area contributed by atoms with Gasteiger partial charge in [0.25, 0.3) is 0 Å². The molecule has 8 N–H and O–H groups in total. The van der Waals surface area contributed by atoms with E-state index in [4.69, 9.17) is 17.2 Å². The Morgan fingerprint density at radius 1 is 1.00 bits per heavy atom. The van der Waals surface area contributed by atoms with Crippen molar-refractivity contribution in [1.29, 1.82) is 0 Å². The highest BCUT2D eigenvalue weighted by Gasteiger charge is 1.67. The van der Waals surface area contributed by atoms with Crippen molar-refractivity contribution in [3.63, 3.8) is 0 Å². The van der Waals surface area contributed by atoms with Crippen molar-refractivity contribution in [2.24, 2.45) is 22.9 Å². The predicted molar refractivity (Wildman–Crippen MR) is 63.5 cm³/mol. The zero-order valence-corrected chi connectivity index (χ0v) is 10.0. The molecule has 4 nitrogen and oxygen atoms in total. The third-order valence-electron chi connectivity index (χ3n) is 0.289. The van der Waals surface area contributed by atoms with Crippen LogP contribution in [0.15, 0.2) is 0 Å². The number of hydrogen-bond donors (Lipinski definition) is 4. The van der Waals surface area contributed by atoms with Crippen LogP contribution in [-0.4, -0.2) is 26.2 Å². The third-order valence-corrected chi connectivity index (χ3v) is 0.289. The van der Waals surface area contributed by atoms with Gasteiger partial charge in [-0.15, -0.1) is 0 Å². The molecule has 0 atom stereocenters. The molecule has 0 aromatic carbocycles. The summed E-state index contributed by atoms with van der Waals surface area (Å²) in [5, 5.41) is 0. The van der Waals surface area contributed by atoms with Crippen LogP contribution in [0.25, 0.3) is 0 Å². The minimum Gasteiger partial charge on any atom is -0.333 e. The van der Waals surface area contributed by atoms with Crippen molar-refractivity contribution in [2.45, 2.75) is 40.2 Å². The summed E-state index contributed by atoms with van der Waals surface area (Å²) in [6.07, 6.45) is 1.10. The van der Waals surface area contributed by atoms with Crippen molar-refractivity contribution in [3.8, 4) is 0 Å². The van der Waals surface area contributed by atoms with Gasteiger partial charge in [0.2, 0.25) is 0 Å². The quantitative estimate of drug-likeness (QED) is 0.480. The highest BCUT2D eigenvalue weighted by atomic mass is 14.6. The van der Waals surface area contributed by atoms with E-state index >= 15 is 0 Å². The summed E-state index contributed by atoms with van der Waals surface area (Å²) in [5.41, 5.74) is 19.5. The van der Waals surface area contributed by atoms with Crippen LogP contribution >= 0.6 is 0 Å². The van der Waals surface area contributed by atoms with Gasteiger partial charge in [-0.1, -0.05) is 27.7 Å². The molecule has 0 spiro atoms. The molecule has 0 aliphatic rings. The molecule has 0 fully saturated rings. The van der Waals surface area contributed by atoms with Crippen molar-refractivity contribution >= 4 is 0 Å². The maximum absolute atomic E-state index is 5.11. The third kappa shape index (κ3) is 1620. The predicted octanol–water partition coefficient (Wildman–Crippen LogP) is 0.249. The fraction of sp³-hybridized carbons (Fsp3) is 1.00. The van der Waals surface area contributed by atoms with Crippen LogP contribution in [-0.2, 0) is 0 Å². The molecular formula is C9H30N4. The molecule has 0 aliphatic heterocycles. The fourth-order valence-electron chi connectivity index (χ4n) is 0. The lowest BCUT2D eigenvalue weighted by atomic mass is 10.5.